The van der Waals surface area contributed by atoms with Crippen LogP contribution in [0.1, 0.15) is 59.5 Å². The quantitative estimate of drug-likeness (QED) is 0.259. The number of anilines is 1. The van der Waals surface area contributed by atoms with Crippen LogP contribution >= 0.6 is 7.37 Å². The Morgan fingerprint density at radius 1 is 1.22 bits per heavy atom. The Morgan fingerprint density at radius 3 is 2.46 bits per heavy atom. The molecule has 1 fully saturated rings. The standard InChI is InChI=1S/C26H34N3O6PS/c1-17-8-10-19(11-9-17)23-22(25(30)27-2)21-16-20(18-12-13-18)24(28-26(21)35-23)29(37(4,33)34)14-6-5-7-15-36(3,31)32/h8-11,16,18H,5-7,12-15H2,1-4H3,(H,27,30)(H,31,32). The first kappa shape index (κ1) is 27.4. The predicted octanol–water partition coefficient (Wildman–Crippen LogP) is 4.88. The second kappa shape index (κ2) is 10.6. The van der Waals surface area contributed by atoms with Gasteiger partial charge >= 0.3 is 0 Å². The fourth-order valence-electron chi connectivity index (χ4n) is 4.45. The van der Waals surface area contributed by atoms with Crippen molar-refractivity contribution in [2.75, 3.05) is 37.0 Å². The molecule has 0 bridgehead atoms. The molecule has 4 rings (SSSR count). The molecule has 0 radical (unpaired) electrons. The number of sulfonamides is 1. The van der Waals surface area contributed by atoms with Crippen LogP contribution in [0.25, 0.3) is 22.4 Å². The zero-order valence-electron chi connectivity index (χ0n) is 21.7. The first-order valence-corrected chi connectivity index (χ1v) is 16.6. The molecule has 1 unspecified atom stereocenters. The first-order valence-electron chi connectivity index (χ1n) is 12.4. The van der Waals surface area contributed by atoms with Gasteiger partial charge in [0.05, 0.1) is 17.2 Å². The van der Waals surface area contributed by atoms with Crippen LogP contribution < -0.4 is 9.62 Å². The number of carbonyl (C=O) groups is 1. The van der Waals surface area contributed by atoms with Crippen LogP contribution in [-0.2, 0) is 14.6 Å². The van der Waals surface area contributed by atoms with Crippen LogP contribution in [0.2, 0.25) is 0 Å². The molecular weight excluding hydrogens is 513 g/mol. The van der Waals surface area contributed by atoms with Crippen molar-refractivity contribution < 1.29 is 27.1 Å². The maximum absolute atomic E-state index is 13.0. The zero-order valence-corrected chi connectivity index (χ0v) is 23.4. The van der Waals surface area contributed by atoms with Crippen LogP contribution in [0.3, 0.4) is 0 Å². The van der Waals surface area contributed by atoms with E-state index in [-0.39, 0.29) is 30.2 Å². The van der Waals surface area contributed by atoms with Gasteiger partial charge in [0.25, 0.3) is 5.91 Å². The maximum Gasteiger partial charge on any atom is 0.255 e. The molecular formula is C26H34N3O6PS. The van der Waals surface area contributed by atoms with Crippen molar-refractivity contribution in [3.8, 4) is 11.3 Å². The van der Waals surface area contributed by atoms with Gasteiger partial charge in [0.1, 0.15) is 11.6 Å². The lowest BCUT2D eigenvalue weighted by Crippen LogP contribution is -2.32. The summed E-state index contributed by atoms with van der Waals surface area (Å²) in [5, 5.41) is 3.24. The number of aromatic nitrogens is 1. The lowest BCUT2D eigenvalue weighted by atomic mass is 10.0. The van der Waals surface area contributed by atoms with Gasteiger partial charge in [0, 0.05) is 32.0 Å². The second-order valence-electron chi connectivity index (χ2n) is 9.95. The predicted molar refractivity (Wildman–Crippen MR) is 146 cm³/mol. The summed E-state index contributed by atoms with van der Waals surface area (Å²) in [5.41, 5.74) is 3.17. The molecule has 0 saturated heterocycles. The molecule has 2 heterocycles. The van der Waals surface area contributed by atoms with E-state index in [1.807, 2.05) is 37.3 Å². The molecule has 1 aromatic carbocycles. The second-order valence-corrected chi connectivity index (χ2v) is 14.4. The number of carbonyl (C=O) groups excluding carboxylic acids is 1. The van der Waals surface area contributed by atoms with E-state index in [1.165, 1.54) is 11.0 Å². The number of fused-ring (bicyclic) bond motifs is 1. The van der Waals surface area contributed by atoms with E-state index in [0.717, 1.165) is 35.8 Å². The summed E-state index contributed by atoms with van der Waals surface area (Å²) in [4.78, 5) is 27.2. The van der Waals surface area contributed by atoms with Gasteiger partial charge in [-0.25, -0.2) is 8.42 Å². The topological polar surface area (TPSA) is 130 Å². The number of furan rings is 1. The number of nitrogens with zero attached hydrogens (tertiary/aromatic N) is 2. The number of nitrogens with one attached hydrogen (secondary N) is 1. The normalized spacial score (nSPS) is 15.5. The fourth-order valence-corrected chi connectivity index (χ4v) is 6.18. The number of hydrogen-bond donors (Lipinski definition) is 2. The maximum atomic E-state index is 13.0. The van der Waals surface area contributed by atoms with E-state index < -0.39 is 17.4 Å². The highest BCUT2D eigenvalue weighted by molar-refractivity contribution is 7.92. The molecule has 0 aliphatic heterocycles. The molecule has 9 nitrogen and oxygen atoms in total. The molecule has 2 aromatic heterocycles. The third-order valence-electron chi connectivity index (χ3n) is 6.55. The third kappa shape index (κ3) is 6.43. The molecule has 1 saturated carbocycles. The summed E-state index contributed by atoms with van der Waals surface area (Å²) in [7, 11) is -5.20. The number of benzene rings is 1. The van der Waals surface area contributed by atoms with Gasteiger partial charge in [0.2, 0.25) is 15.7 Å². The van der Waals surface area contributed by atoms with Crippen LogP contribution in [0.4, 0.5) is 5.82 Å². The van der Waals surface area contributed by atoms with Crippen molar-refractivity contribution >= 4 is 40.2 Å². The fraction of sp³-hybridized carbons (Fsp3) is 0.462. The largest absolute Gasteiger partial charge is 0.437 e. The average Bonchev–Trinajstić information content (AvgIpc) is 3.59. The number of pyridine rings is 1. The summed E-state index contributed by atoms with van der Waals surface area (Å²) in [6.07, 6.45) is 4.87. The summed E-state index contributed by atoms with van der Waals surface area (Å²) >= 11 is 0. The average molecular weight is 548 g/mol. The van der Waals surface area contributed by atoms with E-state index >= 15 is 0 Å². The van der Waals surface area contributed by atoms with E-state index in [0.29, 0.717) is 41.8 Å². The first-order chi connectivity index (χ1) is 17.4. The van der Waals surface area contributed by atoms with Crippen molar-refractivity contribution in [2.45, 2.75) is 44.9 Å². The minimum atomic E-state index is -3.67. The summed E-state index contributed by atoms with van der Waals surface area (Å²) in [5.74, 6) is 0.572. The minimum Gasteiger partial charge on any atom is -0.437 e. The Labute approximate surface area is 217 Å². The van der Waals surface area contributed by atoms with E-state index in [9.17, 15) is 22.7 Å². The van der Waals surface area contributed by atoms with Crippen LogP contribution in [0, 0.1) is 6.92 Å². The molecule has 11 heteroatoms. The number of amides is 1. The van der Waals surface area contributed by atoms with Crippen molar-refractivity contribution in [3.05, 3.63) is 47.0 Å². The molecule has 37 heavy (non-hydrogen) atoms. The lowest BCUT2D eigenvalue weighted by molar-refractivity contribution is 0.0964. The van der Waals surface area contributed by atoms with Gasteiger partial charge in [-0.15, -0.1) is 0 Å². The smallest absolute Gasteiger partial charge is 0.255 e. The SMILES string of the molecule is CNC(=O)c1c(-c2ccc(C)cc2)oc2nc(N(CCCCCP(C)(=O)O)S(C)(=O)=O)c(C3CC3)cc12. The van der Waals surface area contributed by atoms with Gasteiger partial charge < -0.3 is 14.6 Å². The minimum absolute atomic E-state index is 0.159. The molecule has 1 aliphatic carbocycles. The number of rotatable bonds is 11. The molecule has 3 aromatic rings. The summed E-state index contributed by atoms with van der Waals surface area (Å²) < 4.78 is 44.7. The van der Waals surface area contributed by atoms with Gasteiger partial charge in [-0.3, -0.25) is 13.7 Å². The lowest BCUT2D eigenvalue weighted by Gasteiger charge is -2.24. The molecule has 1 amide bonds. The van der Waals surface area contributed by atoms with Crippen LogP contribution in [0.5, 0.6) is 0 Å². The number of aryl methyl sites for hydroxylation is 1. The number of unbranched alkanes of at least 4 members (excludes halogenated alkanes) is 2. The number of hydrogen-bond acceptors (Lipinski definition) is 6. The highest BCUT2D eigenvalue weighted by Gasteiger charge is 2.34. The Hall–Kier alpha value is -2.68. The van der Waals surface area contributed by atoms with Gasteiger partial charge in [-0.2, -0.15) is 4.98 Å². The Balaban J connectivity index is 1.78. The van der Waals surface area contributed by atoms with Crippen molar-refractivity contribution in [1.29, 1.82) is 0 Å². The van der Waals surface area contributed by atoms with Gasteiger partial charge in [-0.1, -0.05) is 36.2 Å². The molecule has 200 valence electrons. The highest BCUT2D eigenvalue weighted by Crippen LogP contribution is 2.47. The molecule has 1 aliphatic rings. The summed E-state index contributed by atoms with van der Waals surface area (Å²) in [6, 6.07) is 9.49. The van der Waals surface area contributed by atoms with E-state index in [1.54, 1.807) is 7.05 Å². The monoisotopic (exact) mass is 547 g/mol. The van der Waals surface area contributed by atoms with Gasteiger partial charge in [0.15, 0.2) is 7.37 Å². The zero-order chi connectivity index (χ0) is 27.0. The third-order valence-corrected chi connectivity index (χ3v) is 8.85. The van der Waals surface area contributed by atoms with Crippen molar-refractivity contribution in [1.82, 2.24) is 10.3 Å². The summed E-state index contributed by atoms with van der Waals surface area (Å²) in [6.45, 7) is 3.50. The van der Waals surface area contributed by atoms with Crippen molar-refractivity contribution in [2.24, 2.45) is 0 Å². The van der Waals surface area contributed by atoms with Crippen LogP contribution in [-0.4, -0.2) is 56.9 Å². The Morgan fingerprint density at radius 2 is 1.89 bits per heavy atom. The Bertz CT molecular complexity index is 1460. The van der Waals surface area contributed by atoms with Crippen LogP contribution in [0.15, 0.2) is 34.7 Å². The highest BCUT2D eigenvalue weighted by atomic mass is 32.2. The Kier molecular flexibility index (Phi) is 7.83. The van der Waals surface area contributed by atoms with Crippen molar-refractivity contribution in [3.63, 3.8) is 0 Å². The molecule has 1 atom stereocenters. The van der Waals surface area contributed by atoms with Gasteiger partial charge in [-0.05, 0) is 50.2 Å². The molecule has 0 spiro atoms. The van der Waals surface area contributed by atoms with E-state index in [2.05, 4.69) is 5.32 Å². The van der Waals surface area contributed by atoms with E-state index in [4.69, 9.17) is 9.40 Å². The molecule has 2 N–H and O–H groups in total.